The number of nitrogens with zero attached hydrogens (tertiary/aromatic N) is 4. The van der Waals surface area contributed by atoms with Gasteiger partial charge in [0.1, 0.15) is 17.5 Å². The number of nitrogen functional groups attached to an aromatic ring is 1. The first-order valence-corrected chi connectivity index (χ1v) is 12.6. The molecule has 4 atom stereocenters. The fourth-order valence-electron chi connectivity index (χ4n) is 3.75. The number of methoxy groups -OCH3 is 2. The zero-order valence-electron chi connectivity index (χ0n) is 19.9. The molecule has 0 aliphatic heterocycles. The Bertz CT molecular complexity index is 1330. The van der Waals surface area contributed by atoms with Crippen LogP contribution in [-0.2, 0) is 13.9 Å². The molecule has 0 bridgehead atoms. The molecule has 0 radical (unpaired) electrons. The summed E-state index contributed by atoms with van der Waals surface area (Å²) in [6.45, 7) is 1.37. The largest absolute Gasteiger partial charge is 0.497 e. The Morgan fingerprint density at radius 3 is 2.78 bits per heavy atom. The number of aliphatic carboxylic acids is 1. The van der Waals surface area contributed by atoms with Crippen molar-refractivity contribution in [3.05, 3.63) is 42.7 Å². The second-order valence-corrected chi connectivity index (χ2v) is 9.81. The molecule has 192 valence electrons. The van der Waals surface area contributed by atoms with Crippen molar-refractivity contribution in [2.45, 2.75) is 25.4 Å². The quantitative estimate of drug-likeness (QED) is 0.251. The van der Waals surface area contributed by atoms with Gasteiger partial charge in [0.2, 0.25) is 11.8 Å². The lowest BCUT2D eigenvalue weighted by Crippen LogP contribution is -2.33. The number of imidazole rings is 1. The number of carboxylic acids is 1. The Hall–Kier alpha value is -3.67. The van der Waals surface area contributed by atoms with Gasteiger partial charge < -0.3 is 29.4 Å². The fraction of sp³-hybridized carbons (Fsp3) is 0.364. The van der Waals surface area contributed by atoms with Gasteiger partial charge in [-0.25, -0.2) is 9.55 Å². The third-order valence-corrected chi connectivity index (χ3v) is 7.20. The fourth-order valence-corrected chi connectivity index (χ4v) is 5.29. The van der Waals surface area contributed by atoms with Crippen molar-refractivity contribution < 1.29 is 33.0 Å². The van der Waals surface area contributed by atoms with E-state index in [2.05, 4.69) is 20.0 Å². The lowest BCUT2D eigenvalue weighted by molar-refractivity contribution is -0.138. The van der Waals surface area contributed by atoms with Gasteiger partial charge >= 0.3 is 13.7 Å². The Morgan fingerprint density at radius 1 is 1.28 bits per heavy atom. The zero-order valence-corrected chi connectivity index (χ0v) is 20.8. The predicted molar refractivity (Wildman–Crippen MR) is 130 cm³/mol. The smallest absolute Gasteiger partial charge is 0.459 e. The summed E-state index contributed by atoms with van der Waals surface area (Å²) >= 11 is 0. The number of carboxylic acid groups (broad SMARTS) is 1. The maximum absolute atomic E-state index is 13.5. The van der Waals surface area contributed by atoms with Crippen LogP contribution in [0.15, 0.2) is 42.7 Å². The van der Waals surface area contributed by atoms with Crippen molar-refractivity contribution in [2.75, 3.05) is 26.6 Å². The van der Waals surface area contributed by atoms with Crippen LogP contribution in [0.2, 0.25) is 0 Å². The molecule has 0 fully saturated rings. The maximum Gasteiger partial charge on any atom is 0.459 e. The summed E-state index contributed by atoms with van der Waals surface area (Å²) in [4.78, 5) is 24.1. The van der Waals surface area contributed by atoms with Crippen LogP contribution in [0, 0.1) is 5.92 Å². The lowest BCUT2D eigenvalue weighted by atomic mass is 10.1. The van der Waals surface area contributed by atoms with E-state index in [0.29, 0.717) is 23.3 Å². The number of rotatable bonds is 11. The molecule has 0 saturated carbocycles. The minimum absolute atomic E-state index is 0.0145. The SMILES string of the molecule is COc1cccc(OP(=O)(NC(C)C(=O)O)OC[C@@H]2C=C[C@H](n3cnc4c(OC)nc(N)nc43)C2)c1. The molecule has 4 rings (SSSR count). The summed E-state index contributed by atoms with van der Waals surface area (Å²) in [7, 11) is -1.09. The van der Waals surface area contributed by atoms with Gasteiger partial charge in [0.15, 0.2) is 11.2 Å². The highest BCUT2D eigenvalue weighted by Gasteiger charge is 2.33. The Morgan fingerprint density at radius 2 is 2.06 bits per heavy atom. The zero-order chi connectivity index (χ0) is 25.9. The van der Waals surface area contributed by atoms with Gasteiger partial charge in [0, 0.05) is 12.0 Å². The molecular formula is C22H27N6O7P. The number of allylic oxidation sites excluding steroid dienone is 1. The predicted octanol–water partition coefficient (Wildman–Crippen LogP) is 2.81. The van der Waals surface area contributed by atoms with E-state index in [-0.39, 0.29) is 36.1 Å². The highest BCUT2D eigenvalue weighted by molar-refractivity contribution is 7.52. The molecule has 0 spiro atoms. The first kappa shape index (κ1) is 25.4. The molecule has 14 heteroatoms. The third kappa shape index (κ3) is 5.59. The average molecular weight is 518 g/mol. The van der Waals surface area contributed by atoms with Crippen molar-refractivity contribution in [1.82, 2.24) is 24.6 Å². The van der Waals surface area contributed by atoms with Crippen LogP contribution in [0.4, 0.5) is 5.95 Å². The summed E-state index contributed by atoms with van der Waals surface area (Å²) in [5.41, 5.74) is 6.83. The normalized spacial score (nSPS) is 19.6. The van der Waals surface area contributed by atoms with Crippen molar-refractivity contribution in [1.29, 1.82) is 0 Å². The number of carbonyl (C=O) groups is 1. The number of hydrogen-bond donors (Lipinski definition) is 3. The van der Waals surface area contributed by atoms with Gasteiger partial charge in [-0.15, -0.1) is 0 Å². The van der Waals surface area contributed by atoms with Crippen LogP contribution in [0.5, 0.6) is 17.4 Å². The lowest BCUT2D eigenvalue weighted by Gasteiger charge is -2.23. The molecule has 0 amide bonds. The van der Waals surface area contributed by atoms with Crippen LogP contribution in [0.1, 0.15) is 19.4 Å². The highest BCUT2D eigenvalue weighted by atomic mass is 31.2. The Labute approximate surface area is 206 Å². The number of anilines is 1. The number of benzene rings is 1. The van der Waals surface area contributed by atoms with Crippen molar-refractivity contribution in [3.8, 4) is 17.4 Å². The highest BCUT2D eigenvalue weighted by Crippen LogP contribution is 2.46. The van der Waals surface area contributed by atoms with E-state index in [9.17, 15) is 14.5 Å². The summed E-state index contributed by atoms with van der Waals surface area (Å²) < 4.78 is 37.1. The topological polar surface area (TPSA) is 173 Å². The molecule has 2 aromatic heterocycles. The molecule has 1 aromatic carbocycles. The minimum Gasteiger partial charge on any atom is -0.497 e. The van der Waals surface area contributed by atoms with Gasteiger partial charge in [-0.1, -0.05) is 18.2 Å². The molecule has 0 saturated heterocycles. The molecular weight excluding hydrogens is 491 g/mol. The van der Waals surface area contributed by atoms with Crippen LogP contribution >= 0.6 is 7.75 Å². The number of nitrogens with two attached hydrogens (primary N) is 1. The molecule has 2 unspecified atom stereocenters. The van der Waals surface area contributed by atoms with E-state index in [1.165, 1.54) is 27.2 Å². The molecule has 3 aromatic rings. The summed E-state index contributed by atoms with van der Waals surface area (Å²) in [5.74, 6) is -0.292. The van der Waals surface area contributed by atoms with E-state index >= 15 is 0 Å². The summed E-state index contributed by atoms with van der Waals surface area (Å²) in [6, 6.07) is 5.16. The average Bonchev–Trinajstić information content (AvgIpc) is 3.49. The molecule has 2 heterocycles. The van der Waals surface area contributed by atoms with Gasteiger partial charge in [-0.2, -0.15) is 15.1 Å². The number of nitrogens with one attached hydrogen (secondary N) is 1. The summed E-state index contributed by atoms with van der Waals surface area (Å²) in [6.07, 6.45) is 6.10. The molecule has 13 nitrogen and oxygen atoms in total. The van der Waals surface area contributed by atoms with Gasteiger partial charge in [-0.05, 0) is 25.5 Å². The third-order valence-electron chi connectivity index (χ3n) is 5.55. The van der Waals surface area contributed by atoms with Gasteiger partial charge in [-0.3, -0.25) is 9.32 Å². The van der Waals surface area contributed by atoms with Crippen LogP contribution in [0.25, 0.3) is 11.2 Å². The standard InChI is InChI=1S/C22H27N6O7P/c1-13(21(29)30)27-36(31,35-17-6-4-5-16(10-17)32-2)34-11-14-7-8-15(9-14)28-12-24-18-19(28)25-22(23)26-20(18)33-3/h4-8,10,12-15H,9,11H2,1-3H3,(H,27,31)(H,29,30)(H2,23,25,26)/t13?,14-,15+,36?/m1/s1. The van der Waals surface area contributed by atoms with E-state index in [1.807, 2.05) is 16.7 Å². The molecule has 1 aliphatic carbocycles. The minimum atomic E-state index is -4.06. The van der Waals surface area contributed by atoms with E-state index in [1.54, 1.807) is 24.5 Å². The maximum atomic E-state index is 13.5. The summed E-state index contributed by atoms with van der Waals surface area (Å²) in [5, 5.41) is 11.8. The van der Waals surface area contributed by atoms with Crippen LogP contribution in [0.3, 0.4) is 0 Å². The first-order chi connectivity index (χ1) is 17.2. The van der Waals surface area contributed by atoms with Crippen molar-refractivity contribution >= 4 is 30.8 Å². The Kier molecular flexibility index (Phi) is 7.43. The molecule has 36 heavy (non-hydrogen) atoms. The van der Waals surface area contributed by atoms with Gasteiger partial charge in [0.05, 0.1) is 33.2 Å². The van der Waals surface area contributed by atoms with Crippen LogP contribution in [-0.4, -0.2) is 57.5 Å². The van der Waals surface area contributed by atoms with E-state index < -0.39 is 19.8 Å². The van der Waals surface area contributed by atoms with E-state index in [4.69, 9.17) is 24.3 Å². The van der Waals surface area contributed by atoms with Crippen molar-refractivity contribution in [2.24, 2.45) is 5.92 Å². The number of aromatic nitrogens is 4. The van der Waals surface area contributed by atoms with E-state index in [0.717, 1.165) is 0 Å². The van der Waals surface area contributed by atoms with Gasteiger partial charge in [0.25, 0.3) is 0 Å². The number of ether oxygens (including phenoxy) is 2. The second kappa shape index (κ2) is 10.5. The molecule has 4 N–H and O–H groups in total. The monoisotopic (exact) mass is 518 g/mol. The molecule has 1 aliphatic rings. The number of hydrogen-bond acceptors (Lipinski definition) is 10. The Balaban J connectivity index is 1.47. The van der Waals surface area contributed by atoms with Crippen molar-refractivity contribution in [3.63, 3.8) is 0 Å². The van der Waals surface area contributed by atoms with Crippen LogP contribution < -0.4 is 24.8 Å². The first-order valence-electron chi connectivity index (χ1n) is 11.0. The number of fused-ring (bicyclic) bond motifs is 1. The second-order valence-electron chi connectivity index (χ2n) is 8.12.